The third-order valence-electron chi connectivity index (χ3n) is 3.94. The predicted octanol–water partition coefficient (Wildman–Crippen LogP) is 4.99. The molecule has 124 valence electrons. The van der Waals surface area contributed by atoms with Crippen LogP contribution in [0.5, 0.6) is 0 Å². The summed E-state index contributed by atoms with van der Waals surface area (Å²) < 4.78 is 11.6. The summed E-state index contributed by atoms with van der Waals surface area (Å²) in [5.41, 5.74) is 1.20. The van der Waals surface area contributed by atoms with Gasteiger partial charge in [0.25, 0.3) is 5.69 Å². The lowest BCUT2D eigenvalue weighted by atomic mass is 9.96. The third kappa shape index (κ3) is 2.82. The van der Waals surface area contributed by atoms with Crippen LogP contribution in [-0.2, 0) is 4.79 Å². The van der Waals surface area contributed by atoms with Crippen LogP contribution in [-0.4, -0.2) is 10.7 Å². The Labute approximate surface area is 138 Å². The minimum absolute atomic E-state index is 0.0152. The molecule has 0 aliphatic rings. The van der Waals surface area contributed by atoms with Gasteiger partial charge in [0.2, 0.25) is 0 Å². The number of carbonyl (C=O) groups is 1. The summed E-state index contributed by atoms with van der Waals surface area (Å²) in [4.78, 5) is 22.1. The number of carbonyl (C=O) groups excluding carboxylic acids is 1. The van der Waals surface area contributed by atoms with Gasteiger partial charge < -0.3 is 13.6 Å². The molecule has 0 N–H and O–H groups in total. The first-order valence-corrected chi connectivity index (χ1v) is 7.64. The van der Waals surface area contributed by atoms with Gasteiger partial charge in [0.1, 0.15) is 28.6 Å². The standard InChI is InChI=1S/C18H17NO5/c1-10(8-11(2)20)18-17(16-6-4-12(3)23-16)14-9-13(19(21)22)5-7-15(14)24-18/h4-7,9-10H,8H2,1-3H3. The van der Waals surface area contributed by atoms with Gasteiger partial charge in [-0.2, -0.15) is 0 Å². The SMILES string of the molecule is CC(=O)CC(C)c1oc2ccc([N+](=O)[O-])cc2c1-c1ccc(C)o1. The summed E-state index contributed by atoms with van der Waals surface area (Å²) in [5.74, 6) is 1.81. The van der Waals surface area contributed by atoms with Crippen molar-refractivity contribution in [3.63, 3.8) is 0 Å². The zero-order valence-corrected chi connectivity index (χ0v) is 13.7. The fraction of sp³-hybridized carbons (Fsp3) is 0.278. The smallest absolute Gasteiger partial charge is 0.270 e. The van der Waals surface area contributed by atoms with Crippen molar-refractivity contribution in [1.29, 1.82) is 0 Å². The van der Waals surface area contributed by atoms with E-state index in [4.69, 9.17) is 8.83 Å². The minimum Gasteiger partial charge on any atom is -0.461 e. The largest absolute Gasteiger partial charge is 0.461 e. The lowest BCUT2D eigenvalue weighted by molar-refractivity contribution is -0.384. The van der Waals surface area contributed by atoms with Gasteiger partial charge in [-0.3, -0.25) is 10.1 Å². The molecular weight excluding hydrogens is 310 g/mol. The van der Waals surface area contributed by atoms with E-state index < -0.39 is 4.92 Å². The number of hydrogen-bond donors (Lipinski definition) is 0. The van der Waals surface area contributed by atoms with Crippen LogP contribution in [0.2, 0.25) is 0 Å². The molecule has 3 rings (SSSR count). The topological polar surface area (TPSA) is 86.5 Å². The quantitative estimate of drug-likeness (QED) is 0.486. The van der Waals surface area contributed by atoms with E-state index in [1.165, 1.54) is 19.1 Å². The Morgan fingerprint density at radius 3 is 2.58 bits per heavy atom. The zero-order chi connectivity index (χ0) is 17.4. The number of nitro groups is 1. The molecule has 0 aliphatic carbocycles. The van der Waals surface area contributed by atoms with E-state index in [-0.39, 0.29) is 17.4 Å². The molecule has 0 saturated heterocycles. The summed E-state index contributed by atoms with van der Waals surface area (Å²) >= 11 is 0. The van der Waals surface area contributed by atoms with Gasteiger partial charge in [-0.1, -0.05) is 6.92 Å². The Hall–Kier alpha value is -2.89. The summed E-state index contributed by atoms with van der Waals surface area (Å²) in [5, 5.41) is 11.7. The Bertz CT molecular complexity index is 934. The molecule has 0 bridgehead atoms. The van der Waals surface area contributed by atoms with Crippen molar-refractivity contribution in [2.24, 2.45) is 0 Å². The highest BCUT2D eigenvalue weighted by molar-refractivity contribution is 5.96. The van der Waals surface area contributed by atoms with Crippen molar-refractivity contribution in [3.8, 4) is 11.3 Å². The normalized spacial score (nSPS) is 12.5. The van der Waals surface area contributed by atoms with Crippen LogP contribution in [0.25, 0.3) is 22.3 Å². The lowest BCUT2D eigenvalue weighted by Crippen LogP contribution is -2.00. The number of nitro benzene ring substituents is 1. The maximum atomic E-state index is 11.5. The van der Waals surface area contributed by atoms with E-state index >= 15 is 0 Å². The third-order valence-corrected chi connectivity index (χ3v) is 3.94. The van der Waals surface area contributed by atoms with Gasteiger partial charge in [0, 0.05) is 29.9 Å². The fourth-order valence-electron chi connectivity index (χ4n) is 2.91. The van der Waals surface area contributed by atoms with E-state index in [1.807, 2.05) is 26.0 Å². The summed E-state index contributed by atoms with van der Waals surface area (Å²) in [7, 11) is 0. The number of non-ortho nitro benzene ring substituents is 1. The van der Waals surface area contributed by atoms with Crippen LogP contribution < -0.4 is 0 Å². The lowest BCUT2D eigenvalue weighted by Gasteiger charge is -2.08. The van der Waals surface area contributed by atoms with E-state index in [0.29, 0.717) is 34.5 Å². The van der Waals surface area contributed by atoms with Crippen LogP contribution in [0.1, 0.15) is 37.7 Å². The molecule has 0 radical (unpaired) electrons. The van der Waals surface area contributed by atoms with Gasteiger partial charge in [-0.25, -0.2) is 0 Å². The highest BCUT2D eigenvalue weighted by Crippen LogP contribution is 2.41. The van der Waals surface area contributed by atoms with Crippen LogP contribution in [0.3, 0.4) is 0 Å². The van der Waals surface area contributed by atoms with Gasteiger partial charge >= 0.3 is 0 Å². The number of nitrogens with zero attached hydrogens (tertiary/aromatic N) is 1. The molecule has 1 atom stereocenters. The van der Waals surface area contributed by atoms with Crippen LogP contribution in [0, 0.1) is 17.0 Å². The second kappa shape index (κ2) is 5.96. The number of Topliss-reactive ketones (excluding diaryl/α,β-unsaturated/α-hetero) is 1. The molecule has 0 spiro atoms. The van der Waals surface area contributed by atoms with Crippen LogP contribution in [0.4, 0.5) is 5.69 Å². The van der Waals surface area contributed by atoms with Crippen LogP contribution >= 0.6 is 0 Å². The maximum Gasteiger partial charge on any atom is 0.270 e. The molecule has 0 aliphatic heterocycles. The molecule has 3 aromatic rings. The summed E-state index contributed by atoms with van der Waals surface area (Å²) in [6, 6.07) is 8.10. The number of hydrogen-bond acceptors (Lipinski definition) is 5. The number of aryl methyl sites for hydroxylation is 1. The molecular formula is C18H17NO5. The Morgan fingerprint density at radius 1 is 1.25 bits per heavy atom. The monoisotopic (exact) mass is 327 g/mol. The molecule has 6 heteroatoms. The molecule has 0 saturated carbocycles. The minimum atomic E-state index is -0.442. The average molecular weight is 327 g/mol. The first-order valence-electron chi connectivity index (χ1n) is 7.64. The van der Waals surface area contributed by atoms with E-state index in [9.17, 15) is 14.9 Å². The number of fused-ring (bicyclic) bond motifs is 1. The number of furan rings is 2. The maximum absolute atomic E-state index is 11.5. The highest BCUT2D eigenvalue weighted by atomic mass is 16.6. The molecule has 1 unspecified atom stereocenters. The predicted molar refractivity (Wildman–Crippen MR) is 89.0 cm³/mol. The van der Waals surface area contributed by atoms with E-state index in [1.54, 1.807) is 6.07 Å². The zero-order valence-electron chi connectivity index (χ0n) is 13.7. The number of rotatable bonds is 5. The van der Waals surface area contributed by atoms with Gasteiger partial charge in [-0.05, 0) is 32.0 Å². The molecule has 1 aromatic carbocycles. The second-order valence-electron chi connectivity index (χ2n) is 6.00. The molecule has 2 aromatic heterocycles. The Balaban J connectivity index is 2.26. The van der Waals surface area contributed by atoms with Crippen molar-refractivity contribution in [1.82, 2.24) is 0 Å². The first-order chi connectivity index (χ1) is 11.4. The van der Waals surface area contributed by atoms with E-state index in [2.05, 4.69) is 0 Å². The fourth-order valence-corrected chi connectivity index (χ4v) is 2.91. The van der Waals surface area contributed by atoms with Crippen molar-refractivity contribution < 1.29 is 18.6 Å². The second-order valence-corrected chi connectivity index (χ2v) is 6.00. The molecule has 0 fully saturated rings. The van der Waals surface area contributed by atoms with Gasteiger partial charge in [-0.15, -0.1) is 0 Å². The van der Waals surface area contributed by atoms with Crippen LogP contribution in [0.15, 0.2) is 39.2 Å². The van der Waals surface area contributed by atoms with Gasteiger partial charge in [0.05, 0.1) is 10.5 Å². The summed E-state index contributed by atoms with van der Waals surface area (Å²) in [6.45, 7) is 5.25. The van der Waals surface area contributed by atoms with Crippen molar-refractivity contribution >= 4 is 22.4 Å². The molecule has 0 amide bonds. The van der Waals surface area contributed by atoms with Crippen molar-refractivity contribution in [2.45, 2.75) is 33.1 Å². The van der Waals surface area contributed by atoms with Gasteiger partial charge in [0.15, 0.2) is 0 Å². The number of benzene rings is 1. The molecule has 24 heavy (non-hydrogen) atoms. The summed E-state index contributed by atoms with van der Waals surface area (Å²) in [6.07, 6.45) is 0.328. The molecule has 2 heterocycles. The first kappa shape index (κ1) is 16.0. The number of ketones is 1. The molecule has 6 nitrogen and oxygen atoms in total. The van der Waals surface area contributed by atoms with E-state index in [0.717, 1.165) is 5.76 Å². The highest BCUT2D eigenvalue weighted by Gasteiger charge is 2.25. The average Bonchev–Trinajstić information content (AvgIpc) is 3.08. The Morgan fingerprint density at radius 2 is 2.00 bits per heavy atom. The van der Waals surface area contributed by atoms with Crippen molar-refractivity contribution in [3.05, 3.63) is 52.0 Å². The Kier molecular flexibility index (Phi) is 3.97. The van der Waals surface area contributed by atoms with Crippen molar-refractivity contribution in [2.75, 3.05) is 0 Å².